The van der Waals surface area contributed by atoms with Crippen LogP contribution in [0.1, 0.15) is 23.6 Å². The summed E-state index contributed by atoms with van der Waals surface area (Å²) in [5, 5.41) is 11.4. The Bertz CT molecular complexity index is 474. The molecule has 104 valence electrons. The van der Waals surface area contributed by atoms with E-state index in [9.17, 15) is 9.59 Å². The van der Waals surface area contributed by atoms with Gasteiger partial charge >= 0.3 is 5.97 Å². The maximum Gasteiger partial charge on any atom is 0.327 e. The van der Waals surface area contributed by atoms with E-state index in [1.165, 1.54) is 35.4 Å². The number of carbonyl (C=O) groups is 2. The van der Waals surface area contributed by atoms with Crippen LogP contribution in [-0.4, -0.2) is 28.8 Å². The standard InChI is InChI=1S/C14H19NO3S/c1-9-4-5-12(10(2)6-9)7-19-8-13(14(17)18)15-11(3)16/h4-6,13H,7-8H2,1-3H3,(H,15,16)(H,17,18). The Morgan fingerprint density at radius 2 is 2.05 bits per heavy atom. The zero-order valence-electron chi connectivity index (χ0n) is 11.4. The zero-order chi connectivity index (χ0) is 14.4. The molecule has 0 aromatic heterocycles. The van der Waals surface area contributed by atoms with Crippen molar-refractivity contribution in [3.8, 4) is 0 Å². The number of hydrogen-bond donors (Lipinski definition) is 2. The van der Waals surface area contributed by atoms with Crippen LogP contribution in [0.2, 0.25) is 0 Å². The molecule has 0 radical (unpaired) electrons. The number of amides is 1. The zero-order valence-corrected chi connectivity index (χ0v) is 12.2. The predicted octanol–water partition coefficient (Wildman–Crippen LogP) is 2.13. The summed E-state index contributed by atoms with van der Waals surface area (Å²) in [5.41, 5.74) is 3.62. The Kier molecular flexibility index (Phi) is 5.89. The smallest absolute Gasteiger partial charge is 0.327 e. The summed E-state index contributed by atoms with van der Waals surface area (Å²) < 4.78 is 0. The summed E-state index contributed by atoms with van der Waals surface area (Å²) >= 11 is 1.51. The Labute approximate surface area is 117 Å². The van der Waals surface area contributed by atoms with Gasteiger partial charge in [-0.3, -0.25) is 4.79 Å². The molecule has 0 aliphatic heterocycles. The predicted molar refractivity (Wildman–Crippen MR) is 77.3 cm³/mol. The molecule has 0 heterocycles. The van der Waals surface area contributed by atoms with Crippen molar-refractivity contribution in [2.24, 2.45) is 0 Å². The number of carboxylic acids is 1. The van der Waals surface area contributed by atoms with Gasteiger partial charge in [-0.15, -0.1) is 0 Å². The lowest BCUT2D eigenvalue weighted by Crippen LogP contribution is -2.41. The second-order valence-corrected chi connectivity index (χ2v) is 5.57. The van der Waals surface area contributed by atoms with Crippen molar-refractivity contribution >= 4 is 23.6 Å². The lowest BCUT2D eigenvalue weighted by molar-refractivity contribution is -0.140. The molecule has 0 aliphatic rings. The van der Waals surface area contributed by atoms with E-state index in [2.05, 4.69) is 17.4 Å². The van der Waals surface area contributed by atoms with Crippen LogP contribution in [0.3, 0.4) is 0 Å². The highest BCUT2D eigenvalue weighted by Gasteiger charge is 2.18. The molecule has 1 atom stereocenters. The van der Waals surface area contributed by atoms with Crippen LogP contribution in [0, 0.1) is 13.8 Å². The molecule has 1 aromatic carbocycles. The molecule has 1 unspecified atom stereocenters. The summed E-state index contributed by atoms with van der Waals surface area (Å²) in [4.78, 5) is 21.9. The van der Waals surface area contributed by atoms with E-state index in [-0.39, 0.29) is 5.91 Å². The molecule has 1 amide bonds. The molecule has 1 rings (SSSR count). The Balaban J connectivity index is 2.52. The van der Waals surface area contributed by atoms with Crippen molar-refractivity contribution in [2.45, 2.75) is 32.6 Å². The number of carbonyl (C=O) groups excluding carboxylic acids is 1. The van der Waals surface area contributed by atoms with Crippen molar-refractivity contribution in [1.82, 2.24) is 5.32 Å². The van der Waals surface area contributed by atoms with Crippen molar-refractivity contribution < 1.29 is 14.7 Å². The normalized spacial score (nSPS) is 11.9. The number of thioether (sulfide) groups is 1. The fourth-order valence-electron chi connectivity index (χ4n) is 1.71. The number of rotatable bonds is 6. The third-order valence-electron chi connectivity index (χ3n) is 2.72. The highest BCUT2D eigenvalue weighted by Crippen LogP contribution is 2.18. The minimum absolute atomic E-state index is 0.320. The van der Waals surface area contributed by atoms with Gasteiger partial charge < -0.3 is 10.4 Å². The van der Waals surface area contributed by atoms with E-state index < -0.39 is 12.0 Å². The molecule has 1 aromatic rings. The number of aliphatic carboxylic acids is 1. The molecule has 5 heteroatoms. The van der Waals surface area contributed by atoms with E-state index in [0.29, 0.717) is 5.75 Å². The second-order valence-electron chi connectivity index (χ2n) is 4.54. The van der Waals surface area contributed by atoms with E-state index in [0.717, 1.165) is 5.75 Å². The SMILES string of the molecule is CC(=O)NC(CSCc1ccc(C)cc1C)C(=O)O. The molecular weight excluding hydrogens is 262 g/mol. The van der Waals surface area contributed by atoms with E-state index in [4.69, 9.17) is 5.11 Å². The van der Waals surface area contributed by atoms with Gasteiger partial charge in [-0.1, -0.05) is 23.8 Å². The lowest BCUT2D eigenvalue weighted by atomic mass is 10.1. The van der Waals surface area contributed by atoms with Gasteiger partial charge in [0.2, 0.25) is 5.91 Å². The van der Waals surface area contributed by atoms with Crippen molar-refractivity contribution in [1.29, 1.82) is 0 Å². The van der Waals surface area contributed by atoms with Crippen LogP contribution in [-0.2, 0) is 15.3 Å². The van der Waals surface area contributed by atoms with Crippen LogP contribution in [0.25, 0.3) is 0 Å². The summed E-state index contributed by atoms with van der Waals surface area (Å²) in [5.74, 6) is -0.208. The lowest BCUT2D eigenvalue weighted by Gasteiger charge is -2.13. The average molecular weight is 281 g/mol. The number of nitrogens with one attached hydrogen (secondary N) is 1. The van der Waals surface area contributed by atoms with Crippen LogP contribution < -0.4 is 5.32 Å². The average Bonchev–Trinajstić information content (AvgIpc) is 2.29. The van der Waals surface area contributed by atoms with Crippen molar-refractivity contribution in [2.75, 3.05) is 5.75 Å². The summed E-state index contributed by atoms with van der Waals surface area (Å²) in [7, 11) is 0. The van der Waals surface area contributed by atoms with Gasteiger partial charge in [-0.2, -0.15) is 11.8 Å². The fraction of sp³-hybridized carbons (Fsp3) is 0.429. The molecule has 2 N–H and O–H groups in total. The molecule has 0 bridgehead atoms. The highest BCUT2D eigenvalue weighted by molar-refractivity contribution is 7.98. The molecule has 0 spiro atoms. The molecule has 0 aliphatic carbocycles. The maximum atomic E-state index is 11.0. The third-order valence-corrected chi connectivity index (χ3v) is 3.80. The van der Waals surface area contributed by atoms with E-state index in [1.54, 1.807) is 0 Å². The highest BCUT2D eigenvalue weighted by atomic mass is 32.2. The summed E-state index contributed by atoms with van der Waals surface area (Å²) in [6.45, 7) is 5.41. The topological polar surface area (TPSA) is 66.4 Å². The maximum absolute atomic E-state index is 11.0. The first-order valence-electron chi connectivity index (χ1n) is 6.04. The van der Waals surface area contributed by atoms with Crippen LogP contribution in [0.15, 0.2) is 18.2 Å². The molecular formula is C14H19NO3S. The van der Waals surface area contributed by atoms with Gasteiger partial charge in [0, 0.05) is 18.4 Å². The van der Waals surface area contributed by atoms with Gasteiger partial charge in [0.05, 0.1) is 0 Å². The molecule has 19 heavy (non-hydrogen) atoms. The van der Waals surface area contributed by atoms with Gasteiger partial charge in [0.15, 0.2) is 0 Å². The Hall–Kier alpha value is -1.49. The first kappa shape index (κ1) is 15.6. The minimum atomic E-state index is -0.997. The number of benzene rings is 1. The fourth-order valence-corrected chi connectivity index (χ4v) is 2.84. The van der Waals surface area contributed by atoms with Crippen molar-refractivity contribution in [3.05, 3.63) is 34.9 Å². The van der Waals surface area contributed by atoms with E-state index >= 15 is 0 Å². The molecule has 0 saturated carbocycles. The van der Waals surface area contributed by atoms with Gasteiger partial charge in [-0.25, -0.2) is 4.79 Å². The van der Waals surface area contributed by atoms with E-state index in [1.807, 2.05) is 19.9 Å². The Morgan fingerprint density at radius 1 is 1.37 bits per heavy atom. The number of aryl methyl sites for hydroxylation is 2. The molecule has 0 saturated heterocycles. The van der Waals surface area contributed by atoms with Crippen LogP contribution in [0.5, 0.6) is 0 Å². The van der Waals surface area contributed by atoms with Crippen LogP contribution in [0.4, 0.5) is 0 Å². The number of carboxylic acid groups (broad SMARTS) is 1. The second kappa shape index (κ2) is 7.19. The minimum Gasteiger partial charge on any atom is -0.480 e. The van der Waals surface area contributed by atoms with Gasteiger partial charge in [0.1, 0.15) is 6.04 Å². The summed E-state index contributed by atoms with van der Waals surface area (Å²) in [6.07, 6.45) is 0. The van der Waals surface area contributed by atoms with Crippen LogP contribution >= 0.6 is 11.8 Å². The first-order chi connectivity index (χ1) is 8.90. The number of hydrogen-bond acceptors (Lipinski definition) is 3. The molecule has 0 fully saturated rings. The largest absolute Gasteiger partial charge is 0.480 e. The quantitative estimate of drug-likeness (QED) is 0.838. The van der Waals surface area contributed by atoms with Gasteiger partial charge in [-0.05, 0) is 25.0 Å². The third kappa shape index (κ3) is 5.34. The molecule has 4 nitrogen and oxygen atoms in total. The van der Waals surface area contributed by atoms with Crippen molar-refractivity contribution in [3.63, 3.8) is 0 Å². The monoisotopic (exact) mass is 281 g/mol. The Morgan fingerprint density at radius 3 is 2.58 bits per heavy atom. The van der Waals surface area contributed by atoms with Gasteiger partial charge in [0.25, 0.3) is 0 Å². The first-order valence-corrected chi connectivity index (χ1v) is 7.19. The summed E-state index contributed by atoms with van der Waals surface area (Å²) in [6, 6.07) is 5.39.